The highest BCUT2D eigenvalue weighted by molar-refractivity contribution is 5.32. The van der Waals surface area contributed by atoms with E-state index in [1.807, 2.05) is 12.1 Å². The monoisotopic (exact) mass is 287 g/mol. The standard InChI is InChI=1S/C18H25NO2/c1-3-4-5-6-11-18(2)13-20-17(21-14-18)16-9-7-15(12-19)8-10-16/h7-10,17H,3-6,11,13-14H2,1-2H3. The van der Waals surface area contributed by atoms with Crippen molar-refractivity contribution in [1.82, 2.24) is 0 Å². The van der Waals surface area contributed by atoms with Crippen molar-refractivity contribution in [1.29, 1.82) is 5.26 Å². The molecule has 21 heavy (non-hydrogen) atoms. The molecule has 0 aliphatic carbocycles. The molecule has 114 valence electrons. The van der Waals surface area contributed by atoms with Gasteiger partial charge in [0.15, 0.2) is 6.29 Å². The van der Waals surface area contributed by atoms with Crippen LogP contribution in [0.4, 0.5) is 0 Å². The van der Waals surface area contributed by atoms with Crippen molar-refractivity contribution in [3.05, 3.63) is 35.4 Å². The van der Waals surface area contributed by atoms with Gasteiger partial charge in [-0.05, 0) is 18.6 Å². The van der Waals surface area contributed by atoms with E-state index in [4.69, 9.17) is 14.7 Å². The van der Waals surface area contributed by atoms with Gasteiger partial charge in [0.2, 0.25) is 0 Å². The Morgan fingerprint density at radius 1 is 1.14 bits per heavy atom. The molecule has 0 unspecified atom stereocenters. The zero-order valence-corrected chi connectivity index (χ0v) is 13.1. The third-order valence-corrected chi connectivity index (χ3v) is 4.11. The van der Waals surface area contributed by atoms with Gasteiger partial charge in [0.1, 0.15) is 0 Å². The zero-order valence-electron chi connectivity index (χ0n) is 13.1. The number of rotatable bonds is 6. The summed E-state index contributed by atoms with van der Waals surface area (Å²) >= 11 is 0. The van der Waals surface area contributed by atoms with Crippen molar-refractivity contribution >= 4 is 0 Å². The Labute approximate surface area is 127 Å². The van der Waals surface area contributed by atoms with Crippen LogP contribution >= 0.6 is 0 Å². The third-order valence-electron chi connectivity index (χ3n) is 4.11. The second-order valence-electron chi connectivity index (χ2n) is 6.31. The van der Waals surface area contributed by atoms with Crippen molar-refractivity contribution in [3.8, 4) is 6.07 Å². The predicted octanol–water partition coefficient (Wildman–Crippen LogP) is 4.58. The topological polar surface area (TPSA) is 42.2 Å². The van der Waals surface area contributed by atoms with Crippen LogP contribution in [-0.4, -0.2) is 13.2 Å². The Balaban J connectivity index is 1.83. The number of unbranched alkanes of at least 4 members (excludes halogenated alkanes) is 3. The Hall–Kier alpha value is -1.37. The summed E-state index contributed by atoms with van der Waals surface area (Å²) in [6.45, 7) is 5.96. The summed E-state index contributed by atoms with van der Waals surface area (Å²) < 4.78 is 11.8. The minimum absolute atomic E-state index is 0.136. The van der Waals surface area contributed by atoms with Gasteiger partial charge in [-0.15, -0.1) is 0 Å². The number of benzene rings is 1. The first-order valence-electron chi connectivity index (χ1n) is 7.90. The van der Waals surface area contributed by atoms with Crippen LogP contribution in [0, 0.1) is 16.7 Å². The van der Waals surface area contributed by atoms with Crippen molar-refractivity contribution in [2.24, 2.45) is 5.41 Å². The summed E-state index contributed by atoms with van der Waals surface area (Å²) in [4.78, 5) is 0. The smallest absolute Gasteiger partial charge is 0.183 e. The number of hydrogen-bond acceptors (Lipinski definition) is 3. The fourth-order valence-corrected chi connectivity index (χ4v) is 2.67. The lowest BCUT2D eigenvalue weighted by molar-refractivity contribution is -0.232. The first-order valence-corrected chi connectivity index (χ1v) is 7.90. The van der Waals surface area contributed by atoms with Crippen LogP contribution < -0.4 is 0 Å². The molecule has 1 aromatic carbocycles. The summed E-state index contributed by atoms with van der Waals surface area (Å²) in [7, 11) is 0. The number of nitriles is 1. The Morgan fingerprint density at radius 3 is 2.38 bits per heavy atom. The summed E-state index contributed by atoms with van der Waals surface area (Å²) in [6.07, 6.45) is 5.99. The average molecular weight is 287 g/mol. The normalized spacial score (nSPS) is 25.5. The molecule has 1 aliphatic heterocycles. The van der Waals surface area contributed by atoms with Crippen molar-refractivity contribution < 1.29 is 9.47 Å². The van der Waals surface area contributed by atoms with Gasteiger partial charge in [-0.3, -0.25) is 0 Å². The summed E-state index contributed by atoms with van der Waals surface area (Å²) in [6, 6.07) is 9.55. The first-order chi connectivity index (χ1) is 10.2. The van der Waals surface area contributed by atoms with Gasteiger partial charge in [0, 0.05) is 11.0 Å². The van der Waals surface area contributed by atoms with Crippen molar-refractivity contribution in [2.75, 3.05) is 13.2 Å². The van der Waals surface area contributed by atoms with Gasteiger partial charge in [-0.2, -0.15) is 5.26 Å². The number of ether oxygens (including phenoxy) is 2. The predicted molar refractivity (Wildman–Crippen MR) is 82.7 cm³/mol. The van der Waals surface area contributed by atoms with Gasteiger partial charge < -0.3 is 9.47 Å². The Kier molecular flexibility index (Phi) is 5.78. The Bertz CT molecular complexity index is 467. The van der Waals surface area contributed by atoms with Crippen LogP contribution in [0.25, 0.3) is 0 Å². The van der Waals surface area contributed by atoms with Gasteiger partial charge in [0.25, 0.3) is 0 Å². The quantitative estimate of drug-likeness (QED) is 0.719. The van der Waals surface area contributed by atoms with E-state index in [0.717, 1.165) is 25.2 Å². The lowest BCUT2D eigenvalue weighted by Gasteiger charge is -2.37. The molecule has 1 aliphatic rings. The molecule has 3 nitrogen and oxygen atoms in total. The molecular formula is C18H25NO2. The van der Waals surface area contributed by atoms with E-state index in [0.29, 0.717) is 5.56 Å². The fourth-order valence-electron chi connectivity index (χ4n) is 2.67. The number of hydrogen-bond donors (Lipinski definition) is 0. The summed E-state index contributed by atoms with van der Waals surface area (Å²) in [5, 5.41) is 8.82. The molecule has 1 saturated heterocycles. The molecule has 0 radical (unpaired) electrons. The summed E-state index contributed by atoms with van der Waals surface area (Å²) in [5.74, 6) is 0. The van der Waals surface area contributed by atoms with Crippen LogP contribution in [0.15, 0.2) is 24.3 Å². The molecule has 0 N–H and O–H groups in total. The van der Waals surface area contributed by atoms with Crippen molar-refractivity contribution in [2.45, 2.75) is 52.2 Å². The van der Waals surface area contributed by atoms with E-state index in [-0.39, 0.29) is 11.7 Å². The van der Waals surface area contributed by atoms with E-state index >= 15 is 0 Å². The molecule has 0 bridgehead atoms. The minimum Gasteiger partial charge on any atom is -0.348 e. The van der Waals surface area contributed by atoms with Crippen LogP contribution in [-0.2, 0) is 9.47 Å². The van der Waals surface area contributed by atoms with E-state index in [2.05, 4.69) is 19.9 Å². The first kappa shape index (κ1) is 16.0. The Morgan fingerprint density at radius 2 is 1.81 bits per heavy atom. The highest BCUT2D eigenvalue weighted by Crippen LogP contribution is 2.35. The third kappa shape index (κ3) is 4.56. The van der Waals surface area contributed by atoms with Gasteiger partial charge in [0.05, 0.1) is 24.8 Å². The maximum absolute atomic E-state index is 8.82. The largest absolute Gasteiger partial charge is 0.348 e. The van der Waals surface area contributed by atoms with Crippen LogP contribution in [0.2, 0.25) is 0 Å². The van der Waals surface area contributed by atoms with E-state index in [1.54, 1.807) is 12.1 Å². The van der Waals surface area contributed by atoms with E-state index < -0.39 is 0 Å². The van der Waals surface area contributed by atoms with Crippen LogP contribution in [0.3, 0.4) is 0 Å². The number of nitrogens with zero attached hydrogens (tertiary/aromatic N) is 1. The highest BCUT2D eigenvalue weighted by Gasteiger charge is 2.32. The van der Waals surface area contributed by atoms with Gasteiger partial charge in [-0.1, -0.05) is 51.7 Å². The molecule has 0 aromatic heterocycles. The minimum atomic E-state index is -0.290. The SMILES string of the molecule is CCCCCCC1(C)COC(c2ccc(C#N)cc2)OC1. The molecule has 0 spiro atoms. The maximum atomic E-state index is 8.82. The van der Waals surface area contributed by atoms with Gasteiger partial charge >= 0.3 is 0 Å². The van der Waals surface area contributed by atoms with Crippen LogP contribution in [0.5, 0.6) is 0 Å². The van der Waals surface area contributed by atoms with E-state index in [9.17, 15) is 0 Å². The van der Waals surface area contributed by atoms with Crippen molar-refractivity contribution in [3.63, 3.8) is 0 Å². The molecule has 1 fully saturated rings. The zero-order chi connectivity index (χ0) is 15.1. The maximum Gasteiger partial charge on any atom is 0.183 e. The molecule has 0 amide bonds. The molecule has 1 aromatic rings. The fraction of sp³-hybridized carbons (Fsp3) is 0.611. The summed E-state index contributed by atoms with van der Waals surface area (Å²) in [5.41, 5.74) is 1.79. The molecule has 0 atom stereocenters. The molecule has 0 saturated carbocycles. The van der Waals surface area contributed by atoms with Crippen LogP contribution in [0.1, 0.15) is 63.4 Å². The molecule has 2 rings (SSSR count). The van der Waals surface area contributed by atoms with E-state index in [1.165, 1.54) is 25.7 Å². The molecule has 1 heterocycles. The lowest BCUT2D eigenvalue weighted by Crippen LogP contribution is -2.36. The lowest BCUT2D eigenvalue weighted by atomic mass is 9.85. The molecule has 3 heteroatoms. The average Bonchev–Trinajstić information content (AvgIpc) is 2.53. The molecular weight excluding hydrogens is 262 g/mol. The van der Waals surface area contributed by atoms with Gasteiger partial charge in [-0.25, -0.2) is 0 Å². The highest BCUT2D eigenvalue weighted by atomic mass is 16.7. The second-order valence-corrected chi connectivity index (χ2v) is 6.31. The second kappa shape index (κ2) is 7.59.